The summed E-state index contributed by atoms with van der Waals surface area (Å²) in [4.78, 5) is 12.2. The van der Waals surface area contributed by atoms with Crippen molar-refractivity contribution < 1.29 is 14.6 Å². The van der Waals surface area contributed by atoms with Gasteiger partial charge in [0.1, 0.15) is 5.75 Å². The number of hydrogen-bond acceptors (Lipinski definition) is 3. The number of methoxy groups -OCH3 is 1. The van der Waals surface area contributed by atoms with E-state index in [1.165, 1.54) is 0 Å². The smallest absolute Gasteiger partial charge is 0.251 e. The van der Waals surface area contributed by atoms with Gasteiger partial charge in [-0.25, -0.2) is 0 Å². The molecular formula is C18H19NO3. The monoisotopic (exact) mass is 297 g/mol. The van der Waals surface area contributed by atoms with E-state index >= 15 is 0 Å². The van der Waals surface area contributed by atoms with Crippen molar-refractivity contribution in [2.24, 2.45) is 0 Å². The molecule has 2 rings (SSSR count). The number of amides is 1. The molecule has 0 aliphatic carbocycles. The van der Waals surface area contributed by atoms with Crippen molar-refractivity contribution >= 4 is 11.6 Å². The number of hydrogen-bond donors (Lipinski definition) is 2. The number of para-hydroxylation sites is 2. The molecule has 0 fully saturated rings. The van der Waals surface area contributed by atoms with Crippen LogP contribution in [0, 0.1) is 0 Å². The lowest BCUT2D eigenvalue weighted by molar-refractivity contribution is -0.113. The van der Waals surface area contributed by atoms with E-state index in [-0.39, 0.29) is 12.3 Å². The molecule has 0 unspecified atom stereocenters. The molecule has 0 saturated heterocycles. The SMILES string of the molecule is C=C(C[C@@H](O)c1ccccc1)C(=O)Nc1ccccc1OC. The van der Waals surface area contributed by atoms with Gasteiger partial charge in [-0.05, 0) is 17.7 Å². The van der Waals surface area contributed by atoms with Crippen molar-refractivity contribution in [3.63, 3.8) is 0 Å². The summed E-state index contributed by atoms with van der Waals surface area (Å²) in [6.45, 7) is 3.76. The largest absolute Gasteiger partial charge is 0.495 e. The third-order valence-corrected chi connectivity index (χ3v) is 3.30. The first-order valence-electron chi connectivity index (χ1n) is 6.97. The maximum atomic E-state index is 12.2. The van der Waals surface area contributed by atoms with E-state index in [0.29, 0.717) is 17.0 Å². The molecule has 1 atom stereocenters. The van der Waals surface area contributed by atoms with Crippen LogP contribution in [0.2, 0.25) is 0 Å². The summed E-state index contributed by atoms with van der Waals surface area (Å²) < 4.78 is 5.18. The Bertz CT molecular complexity index is 652. The van der Waals surface area contributed by atoms with Crippen LogP contribution in [-0.4, -0.2) is 18.1 Å². The first-order valence-corrected chi connectivity index (χ1v) is 6.97. The molecule has 0 saturated carbocycles. The van der Waals surface area contributed by atoms with Crippen LogP contribution in [-0.2, 0) is 4.79 Å². The Morgan fingerprint density at radius 3 is 2.50 bits per heavy atom. The van der Waals surface area contributed by atoms with Crippen LogP contribution in [0.3, 0.4) is 0 Å². The fraction of sp³-hybridized carbons (Fsp3) is 0.167. The highest BCUT2D eigenvalue weighted by molar-refractivity contribution is 6.04. The third kappa shape index (κ3) is 3.96. The number of aliphatic hydroxyl groups excluding tert-OH is 1. The molecule has 0 spiro atoms. The zero-order chi connectivity index (χ0) is 15.9. The van der Waals surface area contributed by atoms with E-state index in [1.54, 1.807) is 25.3 Å². The summed E-state index contributed by atoms with van der Waals surface area (Å²) >= 11 is 0. The maximum Gasteiger partial charge on any atom is 0.251 e. The van der Waals surface area contributed by atoms with Gasteiger partial charge in [-0.2, -0.15) is 0 Å². The highest BCUT2D eigenvalue weighted by Gasteiger charge is 2.15. The minimum atomic E-state index is -0.753. The van der Waals surface area contributed by atoms with Gasteiger partial charge in [0.25, 0.3) is 5.91 Å². The fourth-order valence-electron chi connectivity index (χ4n) is 2.08. The second kappa shape index (κ2) is 7.43. The number of rotatable bonds is 6. The molecule has 2 aromatic carbocycles. The lowest BCUT2D eigenvalue weighted by atomic mass is 10.0. The molecule has 0 aromatic heterocycles. The van der Waals surface area contributed by atoms with E-state index in [4.69, 9.17) is 4.74 Å². The molecule has 22 heavy (non-hydrogen) atoms. The summed E-state index contributed by atoms with van der Waals surface area (Å²) in [5.74, 6) is 0.242. The third-order valence-electron chi connectivity index (χ3n) is 3.30. The van der Waals surface area contributed by atoms with E-state index in [1.807, 2.05) is 36.4 Å². The molecule has 114 valence electrons. The van der Waals surface area contributed by atoms with Crippen LogP contribution in [0.4, 0.5) is 5.69 Å². The first kappa shape index (κ1) is 15.8. The summed E-state index contributed by atoms with van der Waals surface area (Å²) in [5.41, 5.74) is 1.64. The minimum Gasteiger partial charge on any atom is -0.495 e. The number of aliphatic hydroxyl groups is 1. The number of nitrogens with one attached hydrogen (secondary N) is 1. The molecule has 0 bridgehead atoms. The molecule has 0 radical (unpaired) electrons. The van der Waals surface area contributed by atoms with Crippen molar-refractivity contribution in [2.75, 3.05) is 12.4 Å². The average Bonchev–Trinajstić information content (AvgIpc) is 2.56. The van der Waals surface area contributed by atoms with Crippen LogP contribution < -0.4 is 10.1 Å². The number of ether oxygens (including phenoxy) is 1. The Hall–Kier alpha value is -2.59. The number of anilines is 1. The van der Waals surface area contributed by atoms with Crippen LogP contribution >= 0.6 is 0 Å². The van der Waals surface area contributed by atoms with Crippen LogP contribution in [0.15, 0.2) is 66.7 Å². The normalized spacial score (nSPS) is 11.5. The molecule has 0 heterocycles. The predicted octanol–water partition coefficient (Wildman–Crippen LogP) is 3.31. The van der Waals surface area contributed by atoms with Crippen molar-refractivity contribution in [3.05, 3.63) is 72.3 Å². The van der Waals surface area contributed by atoms with E-state index in [0.717, 1.165) is 5.56 Å². The van der Waals surface area contributed by atoms with E-state index < -0.39 is 6.10 Å². The molecular weight excluding hydrogens is 278 g/mol. The lowest BCUT2D eigenvalue weighted by Crippen LogP contribution is -2.16. The van der Waals surface area contributed by atoms with Crippen molar-refractivity contribution in [1.29, 1.82) is 0 Å². The molecule has 2 aromatic rings. The molecule has 2 N–H and O–H groups in total. The minimum absolute atomic E-state index is 0.172. The van der Waals surface area contributed by atoms with Crippen LogP contribution in [0.5, 0.6) is 5.75 Å². The Morgan fingerprint density at radius 1 is 1.18 bits per heavy atom. The summed E-state index contributed by atoms with van der Waals surface area (Å²) in [5, 5.41) is 12.9. The van der Waals surface area contributed by atoms with Crippen molar-refractivity contribution in [2.45, 2.75) is 12.5 Å². The van der Waals surface area contributed by atoms with Gasteiger partial charge in [0, 0.05) is 12.0 Å². The topological polar surface area (TPSA) is 58.6 Å². The highest BCUT2D eigenvalue weighted by Crippen LogP contribution is 2.25. The van der Waals surface area contributed by atoms with E-state index in [2.05, 4.69) is 11.9 Å². The maximum absolute atomic E-state index is 12.2. The van der Waals surface area contributed by atoms with Crippen LogP contribution in [0.25, 0.3) is 0 Å². The second-order valence-electron chi connectivity index (χ2n) is 4.89. The van der Waals surface area contributed by atoms with Gasteiger partial charge in [0.15, 0.2) is 0 Å². The van der Waals surface area contributed by atoms with Gasteiger partial charge in [-0.15, -0.1) is 0 Å². The standard InChI is InChI=1S/C18H19NO3/c1-13(12-16(20)14-8-4-3-5-9-14)18(21)19-15-10-6-7-11-17(15)22-2/h3-11,16,20H,1,12H2,2H3,(H,19,21)/t16-/m1/s1. The highest BCUT2D eigenvalue weighted by atomic mass is 16.5. The molecule has 4 heteroatoms. The lowest BCUT2D eigenvalue weighted by Gasteiger charge is -2.14. The van der Waals surface area contributed by atoms with Crippen molar-refractivity contribution in [3.8, 4) is 5.75 Å². The van der Waals surface area contributed by atoms with Gasteiger partial charge in [0.05, 0.1) is 18.9 Å². The molecule has 0 aliphatic heterocycles. The summed E-state index contributed by atoms with van der Waals surface area (Å²) in [6, 6.07) is 16.3. The summed E-state index contributed by atoms with van der Waals surface area (Å²) in [6.07, 6.45) is -0.581. The zero-order valence-corrected chi connectivity index (χ0v) is 12.5. The number of carbonyl (C=O) groups excluding carboxylic acids is 1. The van der Waals surface area contributed by atoms with Gasteiger partial charge in [-0.1, -0.05) is 49.0 Å². The molecule has 1 amide bonds. The van der Waals surface area contributed by atoms with Gasteiger partial charge in [-0.3, -0.25) is 4.79 Å². The predicted molar refractivity (Wildman–Crippen MR) is 86.8 cm³/mol. The Kier molecular flexibility index (Phi) is 5.33. The molecule has 0 aliphatic rings. The average molecular weight is 297 g/mol. The summed E-state index contributed by atoms with van der Waals surface area (Å²) in [7, 11) is 1.54. The zero-order valence-electron chi connectivity index (χ0n) is 12.5. The van der Waals surface area contributed by atoms with Crippen LogP contribution in [0.1, 0.15) is 18.1 Å². The van der Waals surface area contributed by atoms with Gasteiger partial charge < -0.3 is 15.2 Å². The van der Waals surface area contributed by atoms with Crippen molar-refractivity contribution in [1.82, 2.24) is 0 Å². The number of benzene rings is 2. The molecule has 4 nitrogen and oxygen atoms in total. The van der Waals surface area contributed by atoms with Gasteiger partial charge >= 0.3 is 0 Å². The Balaban J connectivity index is 1.99. The van der Waals surface area contributed by atoms with Gasteiger partial charge in [0.2, 0.25) is 0 Å². The fourth-order valence-corrected chi connectivity index (χ4v) is 2.08. The second-order valence-corrected chi connectivity index (χ2v) is 4.89. The quantitative estimate of drug-likeness (QED) is 0.804. The van der Waals surface area contributed by atoms with E-state index in [9.17, 15) is 9.90 Å². The first-order chi connectivity index (χ1) is 10.6. The number of carbonyl (C=O) groups is 1. The Morgan fingerprint density at radius 2 is 1.82 bits per heavy atom. The Labute approximate surface area is 130 Å².